The van der Waals surface area contributed by atoms with Gasteiger partial charge in [-0.05, 0) is 24.1 Å². The van der Waals surface area contributed by atoms with Gasteiger partial charge in [0.15, 0.2) is 0 Å². The summed E-state index contributed by atoms with van der Waals surface area (Å²) >= 11 is 0. The normalized spacial score (nSPS) is 10.4. The molecule has 0 aliphatic carbocycles. The highest BCUT2D eigenvalue weighted by molar-refractivity contribution is 5.82. The number of anilines is 1. The van der Waals surface area contributed by atoms with Gasteiger partial charge >= 0.3 is 0 Å². The lowest BCUT2D eigenvalue weighted by Gasteiger charge is -2.10. The maximum absolute atomic E-state index is 5.76. The number of nitrogen functional groups attached to an aromatic ring is 1. The molecule has 0 aliphatic rings. The van der Waals surface area contributed by atoms with Crippen LogP contribution < -0.4 is 5.73 Å². The second-order valence-electron chi connectivity index (χ2n) is 4.66. The van der Waals surface area contributed by atoms with Gasteiger partial charge in [0, 0.05) is 11.3 Å². The maximum Gasteiger partial charge on any atom is 0.220 e. The lowest BCUT2D eigenvalue weighted by Crippen LogP contribution is -1.99. The van der Waals surface area contributed by atoms with E-state index in [4.69, 9.17) is 5.73 Å². The molecule has 0 bridgehead atoms. The zero-order chi connectivity index (χ0) is 13.9. The first kappa shape index (κ1) is 12.4. The van der Waals surface area contributed by atoms with Crippen molar-refractivity contribution in [1.82, 2.24) is 9.97 Å². The highest BCUT2D eigenvalue weighted by Crippen LogP contribution is 2.31. The fraction of sp³-hybridized carbons (Fsp3) is 0.0588. The molecule has 3 aromatic rings. The molecule has 0 atom stereocenters. The van der Waals surface area contributed by atoms with Crippen molar-refractivity contribution in [3.63, 3.8) is 0 Å². The van der Waals surface area contributed by atoms with E-state index in [1.807, 2.05) is 43.3 Å². The van der Waals surface area contributed by atoms with E-state index in [-0.39, 0.29) is 0 Å². The summed E-state index contributed by atoms with van der Waals surface area (Å²) in [4.78, 5) is 8.49. The number of nitrogens with two attached hydrogens (primary N) is 1. The number of nitrogens with zero attached hydrogens (tertiary/aromatic N) is 2. The van der Waals surface area contributed by atoms with Crippen LogP contribution in [-0.4, -0.2) is 9.97 Å². The summed E-state index contributed by atoms with van der Waals surface area (Å²) in [5.74, 6) is 0.308. The van der Waals surface area contributed by atoms with Crippen molar-refractivity contribution >= 4 is 5.95 Å². The molecule has 3 rings (SSSR count). The predicted octanol–water partition coefficient (Wildman–Crippen LogP) is 3.70. The van der Waals surface area contributed by atoms with Crippen LogP contribution in [0.1, 0.15) is 5.69 Å². The third-order valence-corrected chi connectivity index (χ3v) is 3.16. The summed E-state index contributed by atoms with van der Waals surface area (Å²) in [5.41, 5.74) is 10.9. The van der Waals surface area contributed by atoms with Crippen LogP contribution in [0, 0.1) is 6.92 Å². The summed E-state index contributed by atoms with van der Waals surface area (Å²) < 4.78 is 0. The molecular formula is C17H15N3. The Morgan fingerprint density at radius 1 is 0.800 bits per heavy atom. The SMILES string of the molecule is Cc1cc(-c2ccccc2-c2ccccc2)nc(N)n1. The fourth-order valence-electron chi connectivity index (χ4n) is 2.31. The minimum atomic E-state index is 0.308. The third-order valence-electron chi connectivity index (χ3n) is 3.16. The van der Waals surface area contributed by atoms with Crippen LogP contribution in [0.5, 0.6) is 0 Å². The van der Waals surface area contributed by atoms with E-state index in [2.05, 4.69) is 34.2 Å². The molecule has 2 N–H and O–H groups in total. The van der Waals surface area contributed by atoms with Crippen molar-refractivity contribution in [2.24, 2.45) is 0 Å². The van der Waals surface area contributed by atoms with Crippen LogP contribution in [0.25, 0.3) is 22.4 Å². The van der Waals surface area contributed by atoms with Gasteiger partial charge in [0.1, 0.15) is 0 Å². The lowest BCUT2D eigenvalue weighted by molar-refractivity contribution is 1.12. The minimum absolute atomic E-state index is 0.308. The van der Waals surface area contributed by atoms with Crippen molar-refractivity contribution in [2.45, 2.75) is 6.92 Å². The van der Waals surface area contributed by atoms with Gasteiger partial charge in [-0.3, -0.25) is 0 Å². The molecule has 0 fully saturated rings. The molecular weight excluding hydrogens is 246 g/mol. The Morgan fingerprint density at radius 2 is 1.45 bits per heavy atom. The zero-order valence-electron chi connectivity index (χ0n) is 11.2. The molecule has 20 heavy (non-hydrogen) atoms. The number of benzene rings is 2. The molecule has 3 nitrogen and oxygen atoms in total. The fourth-order valence-corrected chi connectivity index (χ4v) is 2.31. The Morgan fingerprint density at radius 3 is 2.15 bits per heavy atom. The first-order valence-electron chi connectivity index (χ1n) is 6.50. The Bertz CT molecular complexity index is 716. The minimum Gasteiger partial charge on any atom is -0.368 e. The van der Waals surface area contributed by atoms with Crippen LogP contribution in [0.15, 0.2) is 60.7 Å². The van der Waals surface area contributed by atoms with Gasteiger partial charge < -0.3 is 5.73 Å². The molecule has 0 saturated carbocycles. The quantitative estimate of drug-likeness (QED) is 0.765. The van der Waals surface area contributed by atoms with Crippen molar-refractivity contribution in [3.05, 3.63) is 66.4 Å². The van der Waals surface area contributed by atoms with Gasteiger partial charge in [-0.2, -0.15) is 0 Å². The summed E-state index contributed by atoms with van der Waals surface area (Å²) in [6.45, 7) is 1.92. The van der Waals surface area contributed by atoms with Crippen molar-refractivity contribution in [1.29, 1.82) is 0 Å². The molecule has 0 aliphatic heterocycles. The van der Waals surface area contributed by atoms with E-state index >= 15 is 0 Å². The van der Waals surface area contributed by atoms with Gasteiger partial charge in [-0.15, -0.1) is 0 Å². The van der Waals surface area contributed by atoms with Crippen molar-refractivity contribution in [2.75, 3.05) is 5.73 Å². The topological polar surface area (TPSA) is 51.8 Å². The van der Waals surface area contributed by atoms with E-state index < -0.39 is 0 Å². The Kier molecular flexibility index (Phi) is 3.17. The molecule has 0 radical (unpaired) electrons. The van der Waals surface area contributed by atoms with Gasteiger partial charge in [-0.25, -0.2) is 9.97 Å². The average molecular weight is 261 g/mol. The second kappa shape index (κ2) is 5.13. The Labute approximate surface area is 118 Å². The first-order valence-corrected chi connectivity index (χ1v) is 6.50. The molecule has 1 aromatic heterocycles. The van der Waals surface area contributed by atoms with Crippen molar-refractivity contribution in [3.8, 4) is 22.4 Å². The van der Waals surface area contributed by atoms with Crippen LogP contribution in [0.4, 0.5) is 5.95 Å². The summed E-state index contributed by atoms with van der Waals surface area (Å²) in [7, 11) is 0. The average Bonchev–Trinajstić information content (AvgIpc) is 2.47. The van der Waals surface area contributed by atoms with E-state index in [9.17, 15) is 0 Å². The maximum atomic E-state index is 5.76. The zero-order valence-corrected chi connectivity index (χ0v) is 11.2. The molecule has 1 heterocycles. The number of aromatic nitrogens is 2. The van der Waals surface area contributed by atoms with Gasteiger partial charge in [-0.1, -0.05) is 54.6 Å². The molecule has 0 amide bonds. The van der Waals surface area contributed by atoms with E-state index in [1.54, 1.807) is 0 Å². The van der Waals surface area contributed by atoms with Gasteiger partial charge in [0.25, 0.3) is 0 Å². The van der Waals surface area contributed by atoms with Crippen LogP contribution >= 0.6 is 0 Å². The molecule has 0 unspecified atom stereocenters. The highest BCUT2D eigenvalue weighted by Gasteiger charge is 2.09. The van der Waals surface area contributed by atoms with Crippen LogP contribution in [-0.2, 0) is 0 Å². The smallest absolute Gasteiger partial charge is 0.220 e. The largest absolute Gasteiger partial charge is 0.368 e. The molecule has 0 saturated heterocycles. The van der Waals surface area contributed by atoms with E-state index in [0.717, 1.165) is 28.1 Å². The summed E-state index contributed by atoms with van der Waals surface area (Å²) in [6.07, 6.45) is 0. The lowest BCUT2D eigenvalue weighted by atomic mass is 9.97. The first-order chi connectivity index (χ1) is 9.74. The van der Waals surface area contributed by atoms with E-state index in [1.165, 1.54) is 0 Å². The standard InChI is InChI=1S/C17H15N3/c1-12-11-16(20-17(18)19-12)15-10-6-5-9-14(15)13-7-3-2-4-8-13/h2-11H,1H3,(H2,18,19,20). The third kappa shape index (κ3) is 2.38. The summed E-state index contributed by atoms with van der Waals surface area (Å²) in [5, 5.41) is 0. The van der Waals surface area contributed by atoms with Crippen LogP contribution in [0.2, 0.25) is 0 Å². The van der Waals surface area contributed by atoms with Crippen molar-refractivity contribution < 1.29 is 0 Å². The molecule has 3 heteroatoms. The predicted molar refractivity (Wildman–Crippen MR) is 82.1 cm³/mol. The molecule has 2 aromatic carbocycles. The van der Waals surface area contributed by atoms with Gasteiger partial charge in [0.05, 0.1) is 5.69 Å². The number of aryl methyl sites for hydroxylation is 1. The van der Waals surface area contributed by atoms with Crippen LogP contribution in [0.3, 0.4) is 0 Å². The second-order valence-corrected chi connectivity index (χ2v) is 4.66. The Hall–Kier alpha value is -2.68. The monoisotopic (exact) mass is 261 g/mol. The number of hydrogen-bond acceptors (Lipinski definition) is 3. The number of rotatable bonds is 2. The van der Waals surface area contributed by atoms with E-state index in [0.29, 0.717) is 5.95 Å². The summed E-state index contributed by atoms with van der Waals surface area (Å²) in [6, 6.07) is 20.4. The highest BCUT2D eigenvalue weighted by atomic mass is 15.0. The molecule has 98 valence electrons. The molecule has 0 spiro atoms. The Balaban J connectivity index is 2.20. The number of hydrogen-bond donors (Lipinski definition) is 1. The van der Waals surface area contributed by atoms with Gasteiger partial charge in [0.2, 0.25) is 5.95 Å².